The molecule has 4 rings (SSSR count). The SMILES string of the molecule is CC1CN(c2ncccc2C(=O)NS(=O)(=O)c2cccc(N(C)CC3CC3)n2)C(C)(C)C1. The topological polar surface area (TPSA) is 95.5 Å². The number of amides is 1. The summed E-state index contributed by atoms with van der Waals surface area (Å²) in [5.74, 6) is 1.46. The van der Waals surface area contributed by atoms with Crippen LogP contribution < -0.4 is 14.5 Å². The molecule has 2 fully saturated rings. The first-order chi connectivity index (χ1) is 15.1. The van der Waals surface area contributed by atoms with E-state index in [1.54, 1.807) is 30.5 Å². The normalized spacial score (nSPS) is 20.2. The van der Waals surface area contributed by atoms with Gasteiger partial charge in [0.2, 0.25) is 0 Å². The van der Waals surface area contributed by atoms with Gasteiger partial charge in [0.1, 0.15) is 11.6 Å². The highest BCUT2D eigenvalue weighted by Crippen LogP contribution is 2.37. The minimum atomic E-state index is -4.14. The van der Waals surface area contributed by atoms with Gasteiger partial charge in [-0.3, -0.25) is 4.79 Å². The monoisotopic (exact) mass is 457 g/mol. The van der Waals surface area contributed by atoms with Gasteiger partial charge in [0.05, 0.1) is 5.56 Å². The molecule has 1 saturated carbocycles. The van der Waals surface area contributed by atoms with Crippen molar-refractivity contribution in [3.05, 3.63) is 42.1 Å². The highest BCUT2D eigenvalue weighted by molar-refractivity contribution is 7.90. The number of sulfonamides is 1. The minimum absolute atomic E-state index is 0.174. The average Bonchev–Trinajstić information content (AvgIpc) is 3.50. The Morgan fingerprint density at radius 2 is 2.00 bits per heavy atom. The molecule has 2 aromatic rings. The summed E-state index contributed by atoms with van der Waals surface area (Å²) in [5, 5.41) is -0.174. The summed E-state index contributed by atoms with van der Waals surface area (Å²) >= 11 is 0. The zero-order valence-electron chi connectivity index (χ0n) is 19.1. The van der Waals surface area contributed by atoms with Gasteiger partial charge in [0.15, 0.2) is 5.03 Å². The van der Waals surface area contributed by atoms with Crippen molar-refractivity contribution in [2.24, 2.45) is 11.8 Å². The Kier molecular flexibility index (Phi) is 5.87. The number of carbonyl (C=O) groups is 1. The fourth-order valence-electron chi connectivity index (χ4n) is 4.53. The standard InChI is InChI=1S/C23H31N5O3S/c1-16-13-23(2,3)28(14-16)21-18(7-6-12-24-21)22(29)26-32(30,31)20-9-5-8-19(25-20)27(4)15-17-10-11-17/h5-9,12,16-17H,10-11,13-15H2,1-4H3,(H,26,29). The maximum atomic E-state index is 13.1. The van der Waals surface area contributed by atoms with Gasteiger partial charge in [-0.15, -0.1) is 0 Å². The molecule has 1 unspecified atom stereocenters. The average molecular weight is 458 g/mol. The summed E-state index contributed by atoms with van der Waals surface area (Å²) in [4.78, 5) is 25.9. The number of hydrogen-bond acceptors (Lipinski definition) is 7. The van der Waals surface area contributed by atoms with E-state index in [4.69, 9.17) is 0 Å². The number of carbonyl (C=O) groups excluding carboxylic acids is 1. The van der Waals surface area contributed by atoms with E-state index in [0.717, 1.165) is 19.5 Å². The van der Waals surface area contributed by atoms with Gasteiger partial charge in [-0.2, -0.15) is 8.42 Å². The highest BCUT2D eigenvalue weighted by Gasteiger charge is 2.39. The van der Waals surface area contributed by atoms with E-state index in [2.05, 4.69) is 40.4 Å². The van der Waals surface area contributed by atoms with Crippen LogP contribution >= 0.6 is 0 Å². The van der Waals surface area contributed by atoms with Crippen LogP contribution in [0.1, 0.15) is 50.4 Å². The molecule has 9 heteroatoms. The van der Waals surface area contributed by atoms with Crippen molar-refractivity contribution in [1.29, 1.82) is 0 Å². The summed E-state index contributed by atoms with van der Waals surface area (Å²) < 4.78 is 28.2. The molecule has 1 aliphatic heterocycles. The van der Waals surface area contributed by atoms with Crippen LogP contribution in [0.4, 0.5) is 11.6 Å². The van der Waals surface area contributed by atoms with Crippen molar-refractivity contribution < 1.29 is 13.2 Å². The van der Waals surface area contributed by atoms with E-state index in [1.807, 2.05) is 11.9 Å². The molecule has 1 N–H and O–H groups in total. The number of nitrogens with one attached hydrogen (secondary N) is 1. The minimum Gasteiger partial charge on any atom is -0.359 e. The van der Waals surface area contributed by atoms with Crippen LogP contribution in [-0.2, 0) is 10.0 Å². The Hall–Kier alpha value is -2.68. The Morgan fingerprint density at radius 3 is 2.66 bits per heavy atom. The van der Waals surface area contributed by atoms with Crippen molar-refractivity contribution in [3.8, 4) is 0 Å². The van der Waals surface area contributed by atoms with Gasteiger partial charge in [-0.25, -0.2) is 14.7 Å². The predicted octanol–water partition coefficient (Wildman–Crippen LogP) is 3.07. The van der Waals surface area contributed by atoms with Crippen LogP contribution in [0.3, 0.4) is 0 Å². The molecular weight excluding hydrogens is 426 g/mol. The van der Waals surface area contributed by atoms with Crippen molar-refractivity contribution in [2.75, 3.05) is 29.9 Å². The van der Waals surface area contributed by atoms with Crippen LogP contribution in [0, 0.1) is 11.8 Å². The molecular formula is C23H31N5O3S. The second kappa shape index (κ2) is 8.35. The van der Waals surface area contributed by atoms with E-state index >= 15 is 0 Å². The third-order valence-corrected chi connectivity index (χ3v) is 7.42. The quantitative estimate of drug-likeness (QED) is 0.683. The molecule has 0 radical (unpaired) electrons. The summed E-state index contributed by atoms with van der Waals surface area (Å²) in [6.45, 7) is 7.97. The Morgan fingerprint density at radius 1 is 1.25 bits per heavy atom. The third-order valence-electron chi connectivity index (χ3n) is 6.19. The molecule has 1 amide bonds. The van der Waals surface area contributed by atoms with E-state index in [9.17, 15) is 13.2 Å². The lowest BCUT2D eigenvalue weighted by molar-refractivity contribution is 0.0981. The Bertz CT molecular complexity index is 1110. The smallest absolute Gasteiger partial charge is 0.281 e. The molecule has 2 aliphatic rings. The predicted molar refractivity (Wildman–Crippen MR) is 124 cm³/mol. The van der Waals surface area contributed by atoms with Crippen LogP contribution in [0.15, 0.2) is 41.6 Å². The number of anilines is 2. The molecule has 0 spiro atoms. The maximum Gasteiger partial charge on any atom is 0.281 e. The fraction of sp³-hybridized carbons (Fsp3) is 0.522. The molecule has 8 nitrogen and oxygen atoms in total. The molecule has 0 aromatic carbocycles. The first kappa shape index (κ1) is 22.5. The van der Waals surface area contributed by atoms with Gasteiger partial charge in [0, 0.05) is 31.9 Å². The zero-order valence-corrected chi connectivity index (χ0v) is 19.9. The lowest BCUT2D eigenvalue weighted by atomic mass is 9.97. The Balaban J connectivity index is 1.57. The number of pyridine rings is 2. The lowest BCUT2D eigenvalue weighted by Gasteiger charge is -2.33. The van der Waals surface area contributed by atoms with Crippen molar-refractivity contribution in [1.82, 2.24) is 14.7 Å². The maximum absolute atomic E-state index is 13.1. The van der Waals surface area contributed by atoms with Gasteiger partial charge < -0.3 is 9.80 Å². The van der Waals surface area contributed by atoms with E-state index < -0.39 is 15.9 Å². The van der Waals surface area contributed by atoms with Gasteiger partial charge in [0.25, 0.3) is 15.9 Å². The third kappa shape index (κ3) is 4.72. The van der Waals surface area contributed by atoms with E-state index in [-0.39, 0.29) is 16.1 Å². The molecule has 1 aliphatic carbocycles. The summed E-state index contributed by atoms with van der Waals surface area (Å²) in [7, 11) is -2.24. The van der Waals surface area contributed by atoms with Gasteiger partial charge in [-0.1, -0.05) is 13.0 Å². The first-order valence-corrected chi connectivity index (χ1v) is 12.5. The fourth-order valence-corrected chi connectivity index (χ4v) is 5.46. The first-order valence-electron chi connectivity index (χ1n) is 11.0. The Labute approximate surface area is 190 Å². The highest BCUT2D eigenvalue weighted by atomic mass is 32.2. The summed E-state index contributed by atoms with van der Waals surface area (Å²) in [5.41, 5.74) is 0.0595. The second-order valence-electron chi connectivity index (χ2n) is 9.70. The van der Waals surface area contributed by atoms with Crippen molar-refractivity contribution in [3.63, 3.8) is 0 Å². The van der Waals surface area contributed by atoms with Crippen molar-refractivity contribution in [2.45, 2.75) is 50.6 Å². The summed E-state index contributed by atoms with van der Waals surface area (Å²) in [6.07, 6.45) is 4.98. The van der Waals surface area contributed by atoms with Crippen LogP contribution in [0.2, 0.25) is 0 Å². The molecule has 172 valence electrons. The van der Waals surface area contributed by atoms with Crippen LogP contribution in [0.25, 0.3) is 0 Å². The van der Waals surface area contributed by atoms with Crippen LogP contribution in [0.5, 0.6) is 0 Å². The number of aromatic nitrogens is 2. The molecule has 32 heavy (non-hydrogen) atoms. The molecule has 1 saturated heterocycles. The van der Waals surface area contributed by atoms with Crippen molar-refractivity contribution >= 4 is 27.6 Å². The molecule has 1 atom stereocenters. The lowest BCUT2D eigenvalue weighted by Crippen LogP contribution is -2.41. The largest absolute Gasteiger partial charge is 0.359 e. The zero-order chi connectivity index (χ0) is 23.1. The van der Waals surface area contributed by atoms with Gasteiger partial charge >= 0.3 is 0 Å². The summed E-state index contributed by atoms with van der Waals surface area (Å²) in [6, 6.07) is 8.08. The number of rotatable bonds is 7. The van der Waals surface area contributed by atoms with Crippen LogP contribution in [-0.4, -0.2) is 50.0 Å². The number of nitrogens with zero attached hydrogens (tertiary/aromatic N) is 4. The van der Waals surface area contributed by atoms with E-state index in [1.165, 1.54) is 18.9 Å². The van der Waals surface area contributed by atoms with Gasteiger partial charge in [-0.05, 0) is 69.2 Å². The second-order valence-corrected chi connectivity index (χ2v) is 11.3. The molecule has 3 heterocycles. The molecule has 0 bridgehead atoms. The number of hydrogen-bond donors (Lipinski definition) is 1. The van der Waals surface area contributed by atoms with E-state index in [0.29, 0.717) is 23.5 Å². The molecule has 2 aromatic heterocycles.